The summed E-state index contributed by atoms with van der Waals surface area (Å²) in [6.07, 6.45) is 3.59. The first kappa shape index (κ1) is 20.1. The van der Waals surface area contributed by atoms with Crippen molar-refractivity contribution < 1.29 is 28.7 Å². The number of ketones is 2. The third-order valence-corrected chi connectivity index (χ3v) is 7.45. The van der Waals surface area contributed by atoms with Crippen LogP contribution in [0.5, 0.6) is 5.75 Å². The van der Waals surface area contributed by atoms with Crippen LogP contribution >= 0.6 is 15.9 Å². The zero-order valence-corrected chi connectivity index (χ0v) is 18.0. The van der Waals surface area contributed by atoms with Crippen LogP contribution < -0.4 is 0 Å². The minimum Gasteiger partial charge on any atom is -0.505 e. The van der Waals surface area contributed by atoms with E-state index in [0.717, 1.165) is 16.5 Å². The lowest BCUT2D eigenvalue weighted by Gasteiger charge is -2.42. The molecular formula is C23H17BrFNO5. The number of amides is 2. The average molecular weight is 486 g/mol. The highest BCUT2D eigenvalue weighted by atomic mass is 79.9. The normalized spacial score (nSPS) is 30.1. The van der Waals surface area contributed by atoms with E-state index in [1.54, 1.807) is 0 Å². The molecule has 8 heteroatoms. The Morgan fingerprint density at radius 3 is 2.58 bits per heavy atom. The molecule has 1 heterocycles. The number of phenols is 1. The van der Waals surface area contributed by atoms with E-state index in [2.05, 4.69) is 15.9 Å². The first-order chi connectivity index (χ1) is 14.7. The second-order valence-corrected chi connectivity index (χ2v) is 9.19. The number of rotatable bonds is 1. The molecule has 5 rings (SSSR count). The van der Waals surface area contributed by atoms with Crippen LogP contribution in [0.3, 0.4) is 0 Å². The molecule has 2 amide bonds. The van der Waals surface area contributed by atoms with Crippen LogP contribution in [0, 0.1) is 23.6 Å². The number of likely N-dealkylation sites (tertiary alicyclic amines) is 1. The highest BCUT2D eigenvalue weighted by molar-refractivity contribution is 9.12. The van der Waals surface area contributed by atoms with Gasteiger partial charge in [0.15, 0.2) is 23.1 Å². The number of imide groups is 1. The molecule has 1 aliphatic heterocycles. The van der Waals surface area contributed by atoms with E-state index in [-0.39, 0.29) is 45.4 Å². The smallest absolute Gasteiger partial charge is 0.233 e. The van der Waals surface area contributed by atoms with Crippen molar-refractivity contribution in [3.8, 4) is 5.75 Å². The van der Waals surface area contributed by atoms with E-state index in [0.29, 0.717) is 12.0 Å². The lowest BCUT2D eigenvalue weighted by atomic mass is 9.59. The summed E-state index contributed by atoms with van der Waals surface area (Å²) in [5, 5.41) is 9.63. The van der Waals surface area contributed by atoms with Gasteiger partial charge in [-0.25, -0.2) is 4.39 Å². The summed E-state index contributed by atoms with van der Waals surface area (Å²) in [6, 6.07) is 3.88. The van der Waals surface area contributed by atoms with Crippen LogP contribution in [0.2, 0.25) is 0 Å². The zero-order valence-electron chi connectivity index (χ0n) is 16.4. The molecule has 1 aromatic carbocycles. The quantitative estimate of drug-likeness (QED) is 0.375. The molecule has 4 atom stereocenters. The molecule has 3 aliphatic carbocycles. The van der Waals surface area contributed by atoms with Crippen molar-refractivity contribution in [3.05, 3.63) is 62.9 Å². The number of carbonyl (C=O) groups excluding carboxylic acids is 4. The average Bonchev–Trinajstić information content (AvgIpc) is 2.97. The largest absolute Gasteiger partial charge is 0.505 e. The highest BCUT2D eigenvalue weighted by Crippen LogP contribution is 2.55. The number of aromatic hydroxyl groups is 1. The third-order valence-electron chi connectivity index (χ3n) is 6.86. The van der Waals surface area contributed by atoms with Crippen molar-refractivity contribution >= 4 is 39.3 Å². The van der Waals surface area contributed by atoms with E-state index in [4.69, 9.17) is 0 Å². The summed E-state index contributed by atoms with van der Waals surface area (Å²) >= 11 is 3.15. The van der Waals surface area contributed by atoms with Gasteiger partial charge in [-0.05, 0) is 52.4 Å². The van der Waals surface area contributed by atoms with Crippen molar-refractivity contribution in [3.63, 3.8) is 0 Å². The maximum Gasteiger partial charge on any atom is 0.233 e. The Morgan fingerprint density at radius 1 is 1.13 bits per heavy atom. The number of hydrogen-bond acceptors (Lipinski definition) is 5. The van der Waals surface area contributed by atoms with Gasteiger partial charge >= 0.3 is 0 Å². The molecule has 0 bridgehead atoms. The van der Waals surface area contributed by atoms with Gasteiger partial charge in [0, 0.05) is 30.2 Å². The fourth-order valence-corrected chi connectivity index (χ4v) is 5.89. The maximum atomic E-state index is 14.2. The Labute approximate surface area is 185 Å². The molecule has 0 spiro atoms. The van der Waals surface area contributed by atoms with Crippen molar-refractivity contribution in [2.45, 2.75) is 18.8 Å². The van der Waals surface area contributed by atoms with E-state index in [1.165, 1.54) is 25.3 Å². The Bertz CT molecular complexity index is 1200. The van der Waals surface area contributed by atoms with Crippen molar-refractivity contribution in [2.75, 3.05) is 7.05 Å². The minimum atomic E-state index is -0.839. The van der Waals surface area contributed by atoms with E-state index < -0.39 is 35.2 Å². The van der Waals surface area contributed by atoms with Crippen molar-refractivity contribution in [1.82, 2.24) is 4.90 Å². The molecule has 158 valence electrons. The number of Topliss-reactive ketones (excluding diaryl/α,β-unsaturated/α-hetero) is 1. The first-order valence-corrected chi connectivity index (χ1v) is 10.7. The topological polar surface area (TPSA) is 91.8 Å². The van der Waals surface area contributed by atoms with Gasteiger partial charge in [0.05, 0.1) is 16.3 Å². The van der Waals surface area contributed by atoms with Gasteiger partial charge in [0.2, 0.25) is 11.8 Å². The number of halogens is 2. The molecular weight excluding hydrogens is 469 g/mol. The van der Waals surface area contributed by atoms with Gasteiger partial charge in [-0.15, -0.1) is 0 Å². The van der Waals surface area contributed by atoms with Gasteiger partial charge < -0.3 is 5.11 Å². The summed E-state index contributed by atoms with van der Waals surface area (Å²) in [7, 11) is 1.46. The maximum absolute atomic E-state index is 14.2. The van der Waals surface area contributed by atoms with Gasteiger partial charge in [-0.1, -0.05) is 17.7 Å². The van der Waals surface area contributed by atoms with Gasteiger partial charge in [0.1, 0.15) is 0 Å². The standard InChI is InChI=1S/C23H17BrFNO5/c1-26-22(30)11-4-3-10-12(19(11)23(26)31)7-13-20(17(28)8-14(24)21(13)29)18(10)9-2-5-16(27)15(25)6-9/h2-3,5-6,8,11-12,18-19,27H,4,7H2,1H3/t11-,12+,18-,19-/m0/s1. The molecule has 6 nitrogen and oxygen atoms in total. The molecule has 1 aromatic rings. The monoisotopic (exact) mass is 485 g/mol. The highest BCUT2D eigenvalue weighted by Gasteiger charge is 2.55. The SMILES string of the molecule is CN1C(=O)[C@H]2[C@H](CC=C3[C@H](c4ccc(O)c(F)c4)C4=C(C[C@H]32)C(=O)C(Br)=CC4=O)C1=O. The number of fused-ring (bicyclic) bond motifs is 3. The molecule has 0 unspecified atom stereocenters. The summed E-state index contributed by atoms with van der Waals surface area (Å²) in [5.74, 6) is -4.90. The molecule has 0 aromatic heterocycles. The number of carbonyl (C=O) groups is 4. The Morgan fingerprint density at radius 2 is 1.87 bits per heavy atom. The van der Waals surface area contributed by atoms with Gasteiger partial charge in [-0.3, -0.25) is 24.1 Å². The van der Waals surface area contributed by atoms with Gasteiger partial charge in [0.25, 0.3) is 0 Å². The van der Waals surface area contributed by atoms with E-state index in [9.17, 15) is 28.7 Å². The molecule has 0 radical (unpaired) electrons. The van der Waals surface area contributed by atoms with E-state index >= 15 is 0 Å². The Balaban J connectivity index is 1.72. The molecule has 31 heavy (non-hydrogen) atoms. The Hall–Kier alpha value is -2.87. The first-order valence-electron chi connectivity index (χ1n) is 9.89. The van der Waals surface area contributed by atoms with Gasteiger partial charge in [-0.2, -0.15) is 0 Å². The van der Waals surface area contributed by atoms with Crippen LogP contribution in [0.1, 0.15) is 24.3 Å². The fourth-order valence-electron chi connectivity index (χ4n) is 5.45. The van der Waals surface area contributed by atoms with Crippen molar-refractivity contribution in [1.29, 1.82) is 0 Å². The number of phenolic OH excluding ortho intramolecular Hbond substituents is 1. The number of allylic oxidation sites excluding steroid dienone is 6. The lowest BCUT2D eigenvalue weighted by Crippen LogP contribution is -2.39. The predicted molar refractivity (Wildman–Crippen MR) is 110 cm³/mol. The van der Waals surface area contributed by atoms with Crippen LogP contribution in [0.25, 0.3) is 0 Å². The van der Waals surface area contributed by atoms with Crippen LogP contribution in [0.15, 0.2) is 51.6 Å². The summed E-state index contributed by atoms with van der Waals surface area (Å²) in [5.41, 5.74) is 1.71. The summed E-state index contributed by atoms with van der Waals surface area (Å²) in [6.45, 7) is 0. The number of benzene rings is 1. The fraction of sp³-hybridized carbons (Fsp3) is 0.304. The van der Waals surface area contributed by atoms with Crippen molar-refractivity contribution in [2.24, 2.45) is 17.8 Å². The van der Waals surface area contributed by atoms with E-state index in [1.807, 2.05) is 6.08 Å². The second kappa shape index (κ2) is 6.82. The third kappa shape index (κ3) is 2.74. The molecule has 1 saturated heterocycles. The lowest BCUT2D eigenvalue weighted by molar-refractivity contribution is -0.138. The summed E-state index contributed by atoms with van der Waals surface area (Å²) in [4.78, 5) is 52.5. The summed E-state index contributed by atoms with van der Waals surface area (Å²) < 4.78 is 14.4. The van der Waals surface area contributed by atoms with Crippen LogP contribution in [-0.4, -0.2) is 40.4 Å². The Kier molecular flexibility index (Phi) is 4.41. The molecule has 1 N–H and O–H groups in total. The number of nitrogens with zero attached hydrogens (tertiary/aromatic N) is 1. The predicted octanol–water partition coefficient (Wildman–Crippen LogP) is 2.92. The second-order valence-electron chi connectivity index (χ2n) is 8.34. The zero-order chi connectivity index (χ0) is 22.2. The van der Waals surface area contributed by atoms with Crippen LogP contribution in [0.4, 0.5) is 4.39 Å². The molecule has 1 fully saturated rings. The number of hydrogen-bond donors (Lipinski definition) is 1. The molecule has 4 aliphatic rings. The minimum absolute atomic E-state index is 0.137. The van der Waals surface area contributed by atoms with Crippen LogP contribution in [-0.2, 0) is 19.2 Å². The molecule has 0 saturated carbocycles.